The number of amides is 2. The highest BCUT2D eigenvalue weighted by atomic mass is 16.2. The summed E-state index contributed by atoms with van der Waals surface area (Å²) in [6.45, 7) is 6.66. The first-order chi connectivity index (χ1) is 14.1. The van der Waals surface area contributed by atoms with Crippen molar-refractivity contribution in [2.45, 2.75) is 25.3 Å². The van der Waals surface area contributed by atoms with E-state index in [1.165, 1.54) is 5.69 Å². The van der Waals surface area contributed by atoms with Crippen LogP contribution in [0.15, 0.2) is 54.6 Å². The number of hydrogen-bond acceptors (Lipinski definition) is 4. The van der Waals surface area contributed by atoms with Gasteiger partial charge in [0.25, 0.3) is 0 Å². The molecule has 4 rings (SSSR count). The van der Waals surface area contributed by atoms with E-state index in [9.17, 15) is 9.59 Å². The van der Waals surface area contributed by atoms with Crippen LogP contribution in [-0.2, 0) is 9.59 Å². The minimum atomic E-state index is -0.415. The highest BCUT2D eigenvalue weighted by molar-refractivity contribution is 6.01. The lowest BCUT2D eigenvalue weighted by Crippen LogP contribution is -2.52. The molecule has 6 nitrogen and oxygen atoms in total. The van der Waals surface area contributed by atoms with Crippen molar-refractivity contribution in [1.29, 1.82) is 0 Å². The molecule has 0 aliphatic carbocycles. The summed E-state index contributed by atoms with van der Waals surface area (Å²) in [5, 5.41) is 5.93. The zero-order valence-corrected chi connectivity index (χ0v) is 16.8. The van der Waals surface area contributed by atoms with Gasteiger partial charge in [-0.2, -0.15) is 0 Å². The summed E-state index contributed by atoms with van der Waals surface area (Å²) in [4.78, 5) is 29.6. The fourth-order valence-electron chi connectivity index (χ4n) is 4.21. The standard InChI is InChI=1S/C23H28N4O2/c1-17(26-11-13-27(14-12-26)18-7-3-2-4-8-18)16-24-23(29)20-15-22(28)25-21-10-6-5-9-19(20)21/h2-10,17,20H,11-16H2,1H3,(H,24,29)(H,25,28)/t17-,20-/m1/s1. The van der Waals surface area contributed by atoms with Crippen LogP contribution in [0.4, 0.5) is 11.4 Å². The first kappa shape index (κ1) is 19.5. The Bertz CT molecular complexity index is 862. The number of fused-ring (bicyclic) bond motifs is 1. The first-order valence-corrected chi connectivity index (χ1v) is 10.3. The van der Waals surface area contributed by atoms with Crippen molar-refractivity contribution in [3.63, 3.8) is 0 Å². The molecule has 2 heterocycles. The molecule has 0 aromatic heterocycles. The molecule has 2 aliphatic rings. The predicted octanol–water partition coefficient (Wildman–Crippen LogP) is 2.44. The van der Waals surface area contributed by atoms with Crippen molar-refractivity contribution in [3.8, 4) is 0 Å². The highest BCUT2D eigenvalue weighted by Crippen LogP contribution is 2.32. The van der Waals surface area contributed by atoms with Gasteiger partial charge >= 0.3 is 0 Å². The Morgan fingerprint density at radius 2 is 1.76 bits per heavy atom. The molecule has 2 aromatic carbocycles. The molecule has 1 fully saturated rings. The van der Waals surface area contributed by atoms with Gasteiger partial charge in [0.15, 0.2) is 0 Å². The van der Waals surface area contributed by atoms with E-state index in [-0.39, 0.29) is 24.3 Å². The summed E-state index contributed by atoms with van der Waals surface area (Å²) >= 11 is 0. The third-order valence-corrected chi connectivity index (χ3v) is 5.95. The lowest BCUT2D eigenvalue weighted by Gasteiger charge is -2.39. The van der Waals surface area contributed by atoms with Crippen LogP contribution in [0.2, 0.25) is 0 Å². The Hall–Kier alpha value is -2.86. The maximum Gasteiger partial charge on any atom is 0.228 e. The Kier molecular flexibility index (Phi) is 5.81. The van der Waals surface area contributed by atoms with Crippen LogP contribution in [0.3, 0.4) is 0 Å². The van der Waals surface area contributed by atoms with Gasteiger partial charge in [-0.25, -0.2) is 0 Å². The monoisotopic (exact) mass is 392 g/mol. The molecule has 6 heteroatoms. The average Bonchev–Trinajstić information content (AvgIpc) is 2.77. The summed E-state index contributed by atoms with van der Waals surface area (Å²) in [6.07, 6.45) is 0.201. The Labute approximate surface area is 171 Å². The fraction of sp³-hybridized carbons (Fsp3) is 0.391. The lowest BCUT2D eigenvalue weighted by molar-refractivity contribution is -0.126. The molecule has 0 bridgehead atoms. The van der Waals surface area contributed by atoms with Crippen molar-refractivity contribution < 1.29 is 9.59 Å². The molecular weight excluding hydrogens is 364 g/mol. The van der Waals surface area contributed by atoms with E-state index >= 15 is 0 Å². The zero-order chi connectivity index (χ0) is 20.2. The van der Waals surface area contributed by atoms with Gasteiger partial charge < -0.3 is 15.5 Å². The number of benzene rings is 2. The van der Waals surface area contributed by atoms with Gasteiger partial charge in [0.2, 0.25) is 11.8 Å². The molecule has 0 spiro atoms. The number of anilines is 2. The topological polar surface area (TPSA) is 64.7 Å². The molecule has 2 aliphatic heterocycles. The molecule has 0 radical (unpaired) electrons. The van der Waals surface area contributed by atoms with E-state index in [1.807, 2.05) is 30.3 Å². The quantitative estimate of drug-likeness (QED) is 0.820. The van der Waals surface area contributed by atoms with Crippen LogP contribution in [0.1, 0.15) is 24.8 Å². The number of hydrogen-bond donors (Lipinski definition) is 2. The molecule has 1 saturated heterocycles. The summed E-state index contributed by atoms with van der Waals surface area (Å²) in [7, 11) is 0. The maximum absolute atomic E-state index is 12.8. The van der Waals surface area contributed by atoms with Gasteiger partial charge in [-0.3, -0.25) is 14.5 Å². The average molecular weight is 393 g/mol. The van der Waals surface area contributed by atoms with Crippen LogP contribution in [-0.4, -0.2) is 55.5 Å². The molecule has 152 valence electrons. The van der Waals surface area contributed by atoms with E-state index < -0.39 is 5.92 Å². The summed E-state index contributed by atoms with van der Waals surface area (Å²) in [5.74, 6) is -0.585. The number of nitrogens with one attached hydrogen (secondary N) is 2. The number of nitrogens with zero attached hydrogens (tertiary/aromatic N) is 2. The smallest absolute Gasteiger partial charge is 0.228 e. The van der Waals surface area contributed by atoms with Crippen LogP contribution < -0.4 is 15.5 Å². The maximum atomic E-state index is 12.8. The van der Waals surface area contributed by atoms with E-state index in [4.69, 9.17) is 0 Å². The van der Waals surface area contributed by atoms with Gasteiger partial charge in [-0.1, -0.05) is 36.4 Å². The Balaban J connectivity index is 1.30. The number of carbonyl (C=O) groups is 2. The normalized spacial score (nSPS) is 20.5. The lowest BCUT2D eigenvalue weighted by atomic mass is 9.90. The van der Waals surface area contributed by atoms with Gasteiger partial charge in [-0.05, 0) is 30.7 Å². The highest BCUT2D eigenvalue weighted by Gasteiger charge is 2.31. The summed E-state index contributed by atoms with van der Waals surface area (Å²) in [5.41, 5.74) is 2.91. The minimum Gasteiger partial charge on any atom is -0.369 e. The van der Waals surface area contributed by atoms with Gasteiger partial charge in [0.05, 0.1) is 5.92 Å². The molecule has 2 amide bonds. The van der Waals surface area contributed by atoms with Crippen LogP contribution >= 0.6 is 0 Å². The second kappa shape index (κ2) is 8.66. The van der Waals surface area contributed by atoms with Crippen molar-refractivity contribution in [3.05, 3.63) is 60.2 Å². The SMILES string of the molecule is C[C@H](CNC(=O)[C@@H]1CC(=O)Nc2ccccc21)N1CCN(c2ccccc2)CC1. The second-order valence-corrected chi connectivity index (χ2v) is 7.84. The molecule has 2 atom stereocenters. The Morgan fingerprint density at radius 3 is 2.52 bits per heavy atom. The number of piperazine rings is 1. The van der Waals surface area contributed by atoms with Crippen molar-refractivity contribution in [2.75, 3.05) is 42.9 Å². The fourth-order valence-corrected chi connectivity index (χ4v) is 4.21. The number of carbonyl (C=O) groups excluding carboxylic acids is 2. The Morgan fingerprint density at radius 1 is 1.07 bits per heavy atom. The van der Waals surface area contributed by atoms with Crippen LogP contribution in [0, 0.1) is 0 Å². The predicted molar refractivity (Wildman–Crippen MR) is 115 cm³/mol. The van der Waals surface area contributed by atoms with E-state index in [0.717, 1.165) is 37.4 Å². The molecule has 29 heavy (non-hydrogen) atoms. The summed E-state index contributed by atoms with van der Waals surface area (Å²) in [6, 6.07) is 18.3. The molecule has 2 aromatic rings. The molecule has 2 N–H and O–H groups in total. The van der Waals surface area contributed by atoms with Crippen molar-refractivity contribution >= 4 is 23.2 Å². The summed E-state index contributed by atoms with van der Waals surface area (Å²) < 4.78 is 0. The third-order valence-electron chi connectivity index (χ3n) is 5.95. The van der Waals surface area contributed by atoms with Gasteiger partial charge in [0.1, 0.15) is 0 Å². The van der Waals surface area contributed by atoms with Crippen molar-refractivity contribution in [1.82, 2.24) is 10.2 Å². The zero-order valence-electron chi connectivity index (χ0n) is 16.8. The van der Waals surface area contributed by atoms with E-state index in [2.05, 4.69) is 51.6 Å². The van der Waals surface area contributed by atoms with Crippen molar-refractivity contribution in [2.24, 2.45) is 0 Å². The number of para-hydroxylation sites is 2. The third kappa shape index (κ3) is 4.43. The van der Waals surface area contributed by atoms with Crippen LogP contribution in [0.25, 0.3) is 0 Å². The van der Waals surface area contributed by atoms with Gasteiger partial charge in [-0.15, -0.1) is 0 Å². The number of rotatable bonds is 5. The second-order valence-electron chi connectivity index (χ2n) is 7.84. The van der Waals surface area contributed by atoms with E-state index in [1.54, 1.807) is 0 Å². The van der Waals surface area contributed by atoms with Gasteiger partial charge in [0, 0.05) is 56.6 Å². The molecular formula is C23H28N4O2. The van der Waals surface area contributed by atoms with E-state index in [0.29, 0.717) is 6.54 Å². The van der Waals surface area contributed by atoms with Crippen LogP contribution in [0.5, 0.6) is 0 Å². The molecule has 0 unspecified atom stereocenters. The first-order valence-electron chi connectivity index (χ1n) is 10.3. The largest absolute Gasteiger partial charge is 0.369 e. The minimum absolute atomic E-state index is 0.0675. The molecule has 0 saturated carbocycles.